The summed E-state index contributed by atoms with van der Waals surface area (Å²) in [6.45, 7) is 0. The molecule has 1 aliphatic carbocycles. The van der Waals surface area contributed by atoms with E-state index in [0.29, 0.717) is 0 Å². The first-order chi connectivity index (χ1) is 29.8. The van der Waals surface area contributed by atoms with Gasteiger partial charge < -0.3 is 4.90 Å². The molecular weight excluding hydrogens is 723 g/mol. The number of anilines is 3. The molecule has 1 nitrogen and oxygen atoms in total. The van der Waals surface area contributed by atoms with Crippen molar-refractivity contribution in [1.82, 2.24) is 0 Å². The van der Waals surface area contributed by atoms with E-state index in [1.54, 1.807) is 0 Å². The third-order valence-electron chi connectivity index (χ3n) is 12.4. The predicted molar refractivity (Wildman–Crippen MR) is 252 cm³/mol. The Kier molecular flexibility index (Phi) is 8.79. The highest BCUT2D eigenvalue weighted by Crippen LogP contribution is 2.59. The minimum atomic E-state index is -0.498. The highest BCUT2D eigenvalue weighted by atomic mass is 15.1. The molecule has 0 heterocycles. The molecule has 282 valence electrons. The van der Waals surface area contributed by atoms with Crippen molar-refractivity contribution in [3.05, 3.63) is 271 Å². The fourth-order valence-corrected chi connectivity index (χ4v) is 9.67. The van der Waals surface area contributed by atoms with E-state index < -0.39 is 5.41 Å². The lowest BCUT2D eigenvalue weighted by molar-refractivity contribution is 0.768. The number of fused-ring (bicyclic) bond motifs is 4. The van der Waals surface area contributed by atoms with Crippen LogP contribution in [0.2, 0.25) is 0 Å². The lowest BCUT2D eigenvalue weighted by Crippen LogP contribution is -2.28. The van der Waals surface area contributed by atoms with E-state index in [2.05, 4.69) is 254 Å². The van der Waals surface area contributed by atoms with Crippen LogP contribution >= 0.6 is 0 Å². The van der Waals surface area contributed by atoms with Crippen molar-refractivity contribution in [2.24, 2.45) is 0 Å². The van der Waals surface area contributed by atoms with Crippen molar-refractivity contribution in [2.75, 3.05) is 4.90 Å². The standard InChI is InChI=1S/C59H41N/c1-4-17-42(18-5-1)46-21-14-22-47(41-46)43-33-37-50(38-34-43)60(51-39-35-45(36-40-51)53-29-15-20-44-19-10-11-27-52(44)53)57-32-16-31-56-58(57)54-28-12-13-30-55(54)59(56,48-23-6-2-7-24-48)49-25-8-3-9-26-49/h1-41H. The largest absolute Gasteiger partial charge is 0.310 e. The summed E-state index contributed by atoms with van der Waals surface area (Å²) in [6, 6.07) is 91.0. The fourth-order valence-electron chi connectivity index (χ4n) is 9.67. The van der Waals surface area contributed by atoms with Crippen molar-refractivity contribution in [3.63, 3.8) is 0 Å². The highest BCUT2D eigenvalue weighted by molar-refractivity contribution is 5.99. The summed E-state index contributed by atoms with van der Waals surface area (Å²) in [6.07, 6.45) is 0. The van der Waals surface area contributed by atoms with E-state index >= 15 is 0 Å². The first-order valence-corrected chi connectivity index (χ1v) is 20.8. The smallest absolute Gasteiger partial charge is 0.0714 e. The lowest BCUT2D eigenvalue weighted by Gasteiger charge is -2.34. The van der Waals surface area contributed by atoms with Gasteiger partial charge in [0.05, 0.1) is 11.1 Å². The van der Waals surface area contributed by atoms with Crippen molar-refractivity contribution < 1.29 is 0 Å². The van der Waals surface area contributed by atoms with Gasteiger partial charge in [-0.05, 0) is 108 Å². The van der Waals surface area contributed by atoms with Crippen LogP contribution in [-0.4, -0.2) is 0 Å². The number of hydrogen-bond donors (Lipinski definition) is 0. The maximum absolute atomic E-state index is 2.46. The topological polar surface area (TPSA) is 3.24 Å². The second-order valence-electron chi connectivity index (χ2n) is 15.6. The molecule has 0 bridgehead atoms. The van der Waals surface area contributed by atoms with Gasteiger partial charge in [0.15, 0.2) is 0 Å². The van der Waals surface area contributed by atoms with Crippen LogP contribution in [0.15, 0.2) is 249 Å². The maximum Gasteiger partial charge on any atom is 0.0714 e. The normalized spacial score (nSPS) is 12.5. The molecule has 10 aromatic carbocycles. The Morgan fingerprint density at radius 3 is 1.45 bits per heavy atom. The Hall–Kier alpha value is -7.74. The molecule has 0 unspecified atom stereocenters. The molecule has 0 amide bonds. The van der Waals surface area contributed by atoms with E-state index in [1.807, 2.05) is 0 Å². The maximum atomic E-state index is 2.46. The van der Waals surface area contributed by atoms with E-state index in [9.17, 15) is 0 Å². The molecule has 11 rings (SSSR count). The van der Waals surface area contributed by atoms with Gasteiger partial charge in [-0.2, -0.15) is 0 Å². The van der Waals surface area contributed by atoms with Crippen molar-refractivity contribution in [2.45, 2.75) is 5.41 Å². The molecule has 0 spiro atoms. The Bertz CT molecular complexity index is 3070. The van der Waals surface area contributed by atoms with Crippen LogP contribution in [0.5, 0.6) is 0 Å². The highest BCUT2D eigenvalue weighted by Gasteiger charge is 2.47. The Morgan fingerprint density at radius 1 is 0.300 bits per heavy atom. The Balaban J connectivity index is 1.11. The third-order valence-corrected chi connectivity index (χ3v) is 12.4. The predicted octanol–water partition coefficient (Wildman–Crippen LogP) is 15.7. The zero-order chi connectivity index (χ0) is 39.9. The molecule has 0 N–H and O–H groups in total. The van der Waals surface area contributed by atoms with Crippen LogP contribution in [0.1, 0.15) is 22.3 Å². The van der Waals surface area contributed by atoms with Gasteiger partial charge in [0.25, 0.3) is 0 Å². The quantitative estimate of drug-likeness (QED) is 0.149. The minimum Gasteiger partial charge on any atom is -0.310 e. The SMILES string of the molecule is c1ccc(-c2cccc(-c3ccc(N(c4ccc(-c5cccc6ccccc56)cc4)c4cccc5c4-c4ccccc4C5(c4ccccc4)c4ccccc4)cc3)c2)cc1. The minimum absolute atomic E-state index is 0.498. The molecule has 0 aromatic heterocycles. The summed E-state index contributed by atoms with van der Waals surface area (Å²) in [5.41, 5.74) is 17.7. The van der Waals surface area contributed by atoms with Crippen molar-refractivity contribution >= 4 is 27.8 Å². The van der Waals surface area contributed by atoms with E-state index in [1.165, 1.54) is 77.5 Å². The second-order valence-corrected chi connectivity index (χ2v) is 15.6. The number of benzene rings is 10. The zero-order valence-electron chi connectivity index (χ0n) is 33.1. The van der Waals surface area contributed by atoms with Crippen molar-refractivity contribution in [1.29, 1.82) is 0 Å². The van der Waals surface area contributed by atoms with Crippen LogP contribution in [-0.2, 0) is 5.41 Å². The van der Waals surface area contributed by atoms with Gasteiger partial charge in [-0.3, -0.25) is 0 Å². The average Bonchev–Trinajstić information content (AvgIpc) is 3.64. The molecule has 0 atom stereocenters. The summed E-state index contributed by atoms with van der Waals surface area (Å²) in [5.74, 6) is 0. The molecule has 0 saturated heterocycles. The number of nitrogens with zero attached hydrogens (tertiary/aromatic N) is 1. The molecule has 10 aromatic rings. The first-order valence-electron chi connectivity index (χ1n) is 20.8. The first kappa shape index (κ1) is 35.4. The molecule has 0 aliphatic heterocycles. The lowest BCUT2D eigenvalue weighted by atomic mass is 9.68. The van der Waals surface area contributed by atoms with Crippen molar-refractivity contribution in [3.8, 4) is 44.5 Å². The molecule has 1 aliphatic rings. The summed E-state index contributed by atoms with van der Waals surface area (Å²) in [4.78, 5) is 2.46. The van der Waals surface area contributed by atoms with Gasteiger partial charge in [-0.15, -0.1) is 0 Å². The second kappa shape index (κ2) is 14.9. The molecule has 0 fully saturated rings. The summed E-state index contributed by atoms with van der Waals surface area (Å²) in [7, 11) is 0. The number of hydrogen-bond acceptors (Lipinski definition) is 1. The van der Waals surface area contributed by atoms with Crippen LogP contribution in [0, 0.1) is 0 Å². The zero-order valence-corrected chi connectivity index (χ0v) is 33.1. The van der Waals surface area contributed by atoms with Crippen LogP contribution in [0.4, 0.5) is 17.1 Å². The third kappa shape index (κ3) is 5.86. The number of rotatable bonds is 8. The Morgan fingerprint density at radius 2 is 0.767 bits per heavy atom. The molecule has 60 heavy (non-hydrogen) atoms. The van der Waals surface area contributed by atoms with E-state index in [0.717, 1.165) is 17.1 Å². The van der Waals surface area contributed by atoms with Gasteiger partial charge >= 0.3 is 0 Å². The van der Waals surface area contributed by atoms with Gasteiger partial charge in [0.2, 0.25) is 0 Å². The van der Waals surface area contributed by atoms with Gasteiger partial charge in [-0.1, -0.05) is 212 Å². The van der Waals surface area contributed by atoms with Crippen LogP contribution in [0.3, 0.4) is 0 Å². The van der Waals surface area contributed by atoms with E-state index in [4.69, 9.17) is 0 Å². The summed E-state index contributed by atoms with van der Waals surface area (Å²) in [5, 5.41) is 2.50. The van der Waals surface area contributed by atoms with Gasteiger partial charge in [-0.25, -0.2) is 0 Å². The Labute approximate surface area is 352 Å². The molecular formula is C59H41N. The van der Waals surface area contributed by atoms with Crippen LogP contribution in [0.25, 0.3) is 55.3 Å². The van der Waals surface area contributed by atoms with E-state index in [-0.39, 0.29) is 0 Å². The molecule has 0 radical (unpaired) electrons. The van der Waals surface area contributed by atoms with Crippen LogP contribution < -0.4 is 4.90 Å². The summed E-state index contributed by atoms with van der Waals surface area (Å²) < 4.78 is 0. The summed E-state index contributed by atoms with van der Waals surface area (Å²) >= 11 is 0. The molecule has 0 saturated carbocycles. The van der Waals surface area contributed by atoms with Gasteiger partial charge in [0.1, 0.15) is 0 Å². The fraction of sp³-hybridized carbons (Fsp3) is 0.0169. The van der Waals surface area contributed by atoms with Gasteiger partial charge in [0, 0.05) is 16.9 Å². The average molecular weight is 764 g/mol. The monoisotopic (exact) mass is 763 g/mol. The molecule has 1 heteroatoms.